The number of hydrogen-bond donors (Lipinski definition) is 2. The Balaban J connectivity index is 1.74. The smallest absolute Gasteiger partial charge is 0.225 e. The van der Waals surface area contributed by atoms with Crippen molar-refractivity contribution in [3.8, 4) is 0 Å². The molecule has 0 saturated heterocycles. The zero-order chi connectivity index (χ0) is 15.2. The summed E-state index contributed by atoms with van der Waals surface area (Å²) < 4.78 is 0. The van der Waals surface area contributed by atoms with Crippen molar-refractivity contribution in [3.05, 3.63) is 24.3 Å². The number of amides is 1. The molecule has 1 aromatic carbocycles. The summed E-state index contributed by atoms with van der Waals surface area (Å²) in [7, 11) is 0. The van der Waals surface area contributed by atoms with Crippen LogP contribution in [-0.2, 0) is 4.79 Å². The van der Waals surface area contributed by atoms with E-state index in [2.05, 4.69) is 24.1 Å². The van der Waals surface area contributed by atoms with Gasteiger partial charge in [0.25, 0.3) is 0 Å². The van der Waals surface area contributed by atoms with Gasteiger partial charge >= 0.3 is 0 Å². The van der Waals surface area contributed by atoms with Crippen molar-refractivity contribution in [2.75, 3.05) is 24.1 Å². The second kappa shape index (κ2) is 7.46. The van der Waals surface area contributed by atoms with Gasteiger partial charge in [-0.15, -0.1) is 0 Å². The highest BCUT2D eigenvalue weighted by Gasteiger charge is 2.28. The predicted molar refractivity (Wildman–Crippen MR) is 88.2 cm³/mol. The first-order valence-corrected chi connectivity index (χ1v) is 7.94. The van der Waals surface area contributed by atoms with Crippen LogP contribution in [0, 0.1) is 5.92 Å². The SMILES string of the molecule is CC(C)CCN(CCC(=O)Nc1ccc(N)cc1)C1CC1. The van der Waals surface area contributed by atoms with Crippen molar-refractivity contribution in [2.24, 2.45) is 5.92 Å². The summed E-state index contributed by atoms with van der Waals surface area (Å²) >= 11 is 0. The molecule has 116 valence electrons. The molecule has 0 radical (unpaired) electrons. The van der Waals surface area contributed by atoms with E-state index in [-0.39, 0.29) is 5.91 Å². The van der Waals surface area contributed by atoms with Gasteiger partial charge in [0.1, 0.15) is 0 Å². The van der Waals surface area contributed by atoms with Crippen LogP contribution >= 0.6 is 0 Å². The summed E-state index contributed by atoms with van der Waals surface area (Å²) in [5.41, 5.74) is 7.16. The Morgan fingerprint density at radius 3 is 2.52 bits per heavy atom. The van der Waals surface area contributed by atoms with E-state index in [9.17, 15) is 4.79 Å². The Morgan fingerprint density at radius 2 is 1.95 bits per heavy atom. The highest BCUT2D eigenvalue weighted by Crippen LogP contribution is 2.27. The van der Waals surface area contributed by atoms with E-state index in [0.717, 1.165) is 24.7 Å². The predicted octanol–water partition coefficient (Wildman–Crippen LogP) is 3.11. The average Bonchev–Trinajstić information content (AvgIpc) is 3.26. The molecule has 1 aliphatic rings. The minimum absolute atomic E-state index is 0.0787. The Hall–Kier alpha value is -1.55. The Kier molecular flexibility index (Phi) is 5.62. The van der Waals surface area contributed by atoms with Crippen molar-refractivity contribution in [1.29, 1.82) is 0 Å². The zero-order valence-corrected chi connectivity index (χ0v) is 13.1. The van der Waals surface area contributed by atoms with Gasteiger partial charge in [-0.3, -0.25) is 9.69 Å². The van der Waals surface area contributed by atoms with Crippen LogP contribution in [0.1, 0.15) is 39.5 Å². The quantitative estimate of drug-likeness (QED) is 0.723. The van der Waals surface area contributed by atoms with Crippen LogP contribution < -0.4 is 11.1 Å². The van der Waals surface area contributed by atoms with Crippen LogP contribution in [0.4, 0.5) is 11.4 Å². The number of nitrogens with zero attached hydrogens (tertiary/aromatic N) is 1. The monoisotopic (exact) mass is 289 g/mol. The molecule has 1 aliphatic carbocycles. The minimum atomic E-state index is 0.0787. The largest absolute Gasteiger partial charge is 0.399 e. The molecule has 1 amide bonds. The Morgan fingerprint density at radius 1 is 1.29 bits per heavy atom. The van der Waals surface area contributed by atoms with E-state index in [0.29, 0.717) is 18.2 Å². The van der Waals surface area contributed by atoms with E-state index >= 15 is 0 Å². The molecule has 0 aromatic heterocycles. The van der Waals surface area contributed by atoms with Crippen LogP contribution in [0.15, 0.2) is 24.3 Å². The van der Waals surface area contributed by atoms with E-state index in [1.165, 1.54) is 19.3 Å². The Labute approximate surface area is 127 Å². The fourth-order valence-corrected chi connectivity index (χ4v) is 2.38. The molecule has 21 heavy (non-hydrogen) atoms. The molecule has 4 nitrogen and oxygen atoms in total. The first kappa shape index (κ1) is 15.8. The van der Waals surface area contributed by atoms with Gasteiger partial charge in [-0.1, -0.05) is 13.8 Å². The van der Waals surface area contributed by atoms with Crippen molar-refractivity contribution < 1.29 is 4.79 Å². The number of nitrogens with two attached hydrogens (primary N) is 1. The first-order valence-electron chi connectivity index (χ1n) is 7.94. The number of nitrogen functional groups attached to an aromatic ring is 1. The second-order valence-electron chi connectivity index (χ2n) is 6.37. The molecule has 0 bridgehead atoms. The van der Waals surface area contributed by atoms with E-state index < -0.39 is 0 Å². The molecular formula is C17H27N3O. The molecule has 2 rings (SSSR count). The third-order valence-corrected chi connectivity index (χ3v) is 3.88. The van der Waals surface area contributed by atoms with Gasteiger partial charge in [0.2, 0.25) is 5.91 Å². The number of benzene rings is 1. The van der Waals surface area contributed by atoms with Crippen molar-refractivity contribution >= 4 is 17.3 Å². The lowest BCUT2D eigenvalue weighted by Gasteiger charge is -2.22. The Bertz CT molecular complexity index is 452. The van der Waals surface area contributed by atoms with Crippen LogP contribution in [0.25, 0.3) is 0 Å². The number of carbonyl (C=O) groups is 1. The molecule has 0 aliphatic heterocycles. The number of carbonyl (C=O) groups excluding carboxylic acids is 1. The first-order chi connectivity index (χ1) is 10.0. The normalized spacial score (nSPS) is 14.7. The molecule has 0 unspecified atom stereocenters. The lowest BCUT2D eigenvalue weighted by Crippen LogP contribution is -2.31. The van der Waals surface area contributed by atoms with Gasteiger partial charge in [-0.2, -0.15) is 0 Å². The summed E-state index contributed by atoms with van der Waals surface area (Å²) in [5, 5.41) is 2.93. The minimum Gasteiger partial charge on any atom is -0.399 e. The molecular weight excluding hydrogens is 262 g/mol. The fraction of sp³-hybridized carbons (Fsp3) is 0.588. The maximum Gasteiger partial charge on any atom is 0.225 e. The maximum atomic E-state index is 12.0. The third-order valence-electron chi connectivity index (χ3n) is 3.88. The number of rotatable bonds is 8. The molecule has 4 heteroatoms. The van der Waals surface area contributed by atoms with Crippen LogP contribution in [0.2, 0.25) is 0 Å². The number of nitrogens with one attached hydrogen (secondary N) is 1. The van der Waals surface area contributed by atoms with E-state index in [1.54, 1.807) is 12.1 Å². The van der Waals surface area contributed by atoms with E-state index in [1.807, 2.05) is 12.1 Å². The van der Waals surface area contributed by atoms with Crippen LogP contribution in [-0.4, -0.2) is 29.9 Å². The summed E-state index contributed by atoms with van der Waals surface area (Å²) in [6, 6.07) is 7.99. The van der Waals surface area contributed by atoms with Crippen LogP contribution in [0.3, 0.4) is 0 Å². The molecule has 1 fully saturated rings. The molecule has 1 saturated carbocycles. The van der Waals surface area contributed by atoms with Crippen molar-refractivity contribution in [3.63, 3.8) is 0 Å². The van der Waals surface area contributed by atoms with Gasteiger partial charge in [0.15, 0.2) is 0 Å². The van der Waals surface area contributed by atoms with Gasteiger partial charge in [-0.05, 0) is 56.0 Å². The summed E-state index contributed by atoms with van der Waals surface area (Å²) in [6.07, 6.45) is 4.34. The molecule has 3 N–H and O–H groups in total. The summed E-state index contributed by atoms with van der Waals surface area (Å²) in [6.45, 7) is 6.47. The maximum absolute atomic E-state index is 12.0. The van der Waals surface area contributed by atoms with Gasteiger partial charge in [0.05, 0.1) is 0 Å². The van der Waals surface area contributed by atoms with Gasteiger partial charge in [0, 0.05) is 30.4 Å². The van der Waals surface area contributed by atoms with Gasteiger partial charge in [-0.25, -0.2) is 0 Å². The topological polar surface area (TPSA) is 58.4 Å². The van der Waals surface area contributed by atoms with Crippen molar-refractivity contribution in [2.45, 2.75) is 45.6 Å². The summed E-state index contributed by atoms with van der Waals surface area (Å²) in [4.78, 5) is 14.5. The van der Waals surface area contributed by atoms with Crippen molar-refractivity contribution in [1.82, 2.24) is 4.90 Å². The fourth-order valence-electron chi connectivity index (χ4n) is 2.38. The lowest BCUT2D eigenvalue weighted by molar-refractivity contribution is -0.116. The van der Waals surface area contributed by atoms with Crippen LogP contribution in [0.5, 0.6) is 0 Å². The standard InChI is InChI=1S/C17H27N3O/c1-13(2)9-11-20(16-7-8-16)12-10-17(21)19-15-5-3-14(18)4-6-15/h3-6,13,16H,7-12,18H2,1-2H3,(H,19,21). The highest BCUT2D eigenvalue weighted by atomic mass is 16.1. The molecule has 0 atom stereocenters. The lowest BCUT2D eigenvalue weighted by atomic mass is 10.1. The molecule has 0 heterocycles. The third kappa shape index (κ3) is 5.76. The summed E-state index contributed by atoms with van der Waals surface area (Å²) in [5.74, 6) is 0.796. The average molecular weight is 289 g/mol. The molecule has 0 spiro atoms. The second-order valence-corrected chi connectivity index (χ2v) is 6.37. The molecule has 1 aromatic rings. The van der Waals surface area contributed by atoms with E-state index in [4.69, 9.17) is 5.73 Å². The zero-order valence-electron chi connectivity index (χ0n) is 13.1. The number of anilines is 2. The highest BCUT2D eigenvalue weighted by molar-refractivity contribution is 5.90. The van der Waals surface area contributed by atoms with Gasteiger partial charge < -0.3 is 11.1 Å². The number of hydrogen-bond acceptors (Lipinski definition) is 3.